The van der Waals surface area contributed by atoms with Gasteiger partial charge in [0.25, 0.3) is 5.91 Å². The molecule has 0 saturated carbocycles. The minimum Gasteiger partial charge on any atom is -0.448 e. The molecule has 0 aromatic heterocycles. The molecule has 0 heterocycles. The number of amides is 2. The minimum atomic E-state index is -0.875. The second kappa shape index (κ2) is 10.9. The molecule has 0 aliphatic carbocycles. The van der Waals surface area contributed by atoms with Crippen LogP contribution < -0.4 is 10.1 Å². The van der Waals surface area contributed by atoms with Crippen molar-refractivity contribution in [2.24, 2.45) is 0 Å². The van der Waals surface area contributed by atoms with Gasteiger partial charge >= 0.3 is 12.1 Å². The Morgan fingerprint density at radius 1 is 1.17 bits per heavy atom. The minimum absolute atomic E-state index is 0.0625. The highest BCUT2D eigenvalue weighted by molar-refractivity contribution is 8.76. The fourth-order valence-electron chi connectivity index (χ4n) is 1.42. The average Bonchev–Trinajstić information content (AvgIpc) is 2.50. The lowest BCUT2D eigenvalue weighted by Gasteiger charge is -2.09. The quantitative estimate of drug-likeness (QED) is 0.314. The highest BCUT2D eigenvalue weighted by atomic mass is 33.1. The van der Waals surface area contributed by atoms with Crippen LogP contribution in [0.4, 0.5) is 4.79 Å². The maximum Gasteiger partial charge on any atom is 0.414 e. The Hall–Kier alpha value is -1.71. The smallest absolute Gasteiger partial charge is 0.414 e. The normalized spacial score (nSPS) is 10.0. The van der Waals surface area contributed by atoms with Gasteiger partial charge in [0.15, 0.2) is 0 Å². The van der Waals surface area contributed by atoms with Crippen LogP contribution in [-0.2, 0) is 9.53 Å². The van der Waals surface area contributed by atoms with E-state index in [2.05, 4.69) is 5.32 Å². The first-order valence-electron chi connectivity index (χ1n) is 6.65. The van der Waals surface area contributed by atoms with Crippen LogP contribution in [0, 0.1) is 0 Å². The zero-order chi connectivity index (χ0) is 17.1. The second-order valence-electron chi connectivity index (χ2n) is 4.05. The van der Waals surface area contributed by atoms with Crippen LogP contribution >= 0.6 is 21.6 Å². The van der Waals surface area contributed by atoms with Gasteiger partial charge in [-0.25, -0.2) is 4.79 Å². The Kier molecular flexibility index (Phi) is 9.18. The fourth-order valence-corrected chi connectivity index (χ4v) is 3.01. The molecule has 0 saturated heterocycles. The number of esters is 1. The zero-order valence-corrected chi connectivity index (χ0v) is 14.1. The highest BCUT2D eigenvalue weighted by Crippen LogP contribution is 2.20. The molecule has 0 radical (unpaired) electrons. The Morgan fingerprint density at radius 2 is 1.87 bits per heavy atom. The van der Waals surface area contributed by atoms with Gasteiger partial charge in [0.2, 0.25) is 0 Å². The SMILES string of the molecule is CC(=O)Oc1ccccc1C(=O)NC(=O)OCCSSCCO. The van der Waals surface area contributed by atoms with Crippen LogP contribution in [0.25, 0.3) is 0 Å². The van der Waals surface area contributed by atoms with Gasteiger partial charge in [0, 0.05) is 18.4 Å². The summed E-state index contributed by atoms with van der Waals surface area (Å²) in [5.41, 5.74) is 0.0625. The molecular weight excluding hydrogens is 342 g/mol. The average molecular weight is 359 g/mol. The zero-order valence-electron chi connectivity index (χ0n) is 12.4. The molecule has 2 N–H and O–H groups in total. The molecule has 23 heavy (non-hydrogen) atoms. The summed E-state index contributed by atoms with van der Waals surface area (Å²) in [6, 6.07) is 6.08. The first kappa shape index (κ1) is 19.3. The number of ether oxygens (including phenoxy) is 2. The number of nitrogens with one attached hydrogen (secondary N) is 1. The Bertz CT molecular complexity index is 552. The molecular formula is C14H17NO6S2. The van der Waals surface area contributed by atoms with Crippen LogP contribution in [0.1, 0.15) is 17.3 Å². The van der Waals surface area contributed by atoms with Crippen LogP contribution in [0.15, 0.2) is 24.3 Å². The summed E-state index contributed by atoms with van der Waals surface area (Å²) in [5.74, 6) is -0.0702. The van der Waals surface area contributed by atoms with E-state index in [9.17, 15) is 14.4 Å². The third kappa shape index (κ3) is 7.91. The monoisotopic (exact) mass is 359 g/mol. The Labute approximate surface area is 141 Å². The van der Waals surface area contributed by atoms with E-state index in [1.165, 1.54) is 40.6 Å². The van der Waals surface area contributed by atoms with Gasteiger partial charge < -0.3 is 14.6 Å². The molecule has 0 spiro atoms. The Balaban J connectivity index is 2.43. The number of imide groups is 1. The van der Waals surface area contributed by atoms with Crippen LogP contribution in [0.2, 0.25) is 0 Å². The number of aliphatic hydroxyl groups is 1. The number of hydrogen-bond donors (Lipinski definition) is 2. The summed E-state index contributed by atoms with van der Waals surface area (Å²) in [7, 11) is 2.92. The summed E-state index contributed by atoms with van der Waals surface area (Å²) in [5, 5.41) is 10.7. The van der Waals surface area contributed by atoms with Gasteiger partial charge in [-0.1, -0.05) is 33.7 Å². The van der Waals surface area contributed by atoms with Crippen molar-refractivity contribution in [3.8, 4) is 5.75 Å². The van der Waals surface area contributed by atoms with Crippen molar-refractivity contribution in [1.29, 1.82) is 0 Å². The van der Waals surface area contributed by atoms with E-state index in [0.29, 0.717) is 11.5 Å². The van der Waals surface area contributed by atoms with Gasteiger partial charge in [-0.2, -0.15) is 0 Å². The molecule has 0 bridgehead atoms. The van der Waals surface area contributed by atoms with Crippen molar-refractivity contribution in [3.05, 3.63) is 29.8 Å². The summed E-state index contributed by atoms with van der Waals surface area (Å²) >= 11 is 0. The third-order valence-electron chi connectivity index (χ3n) is 2.26. The van der Waals surface area contributed by atoms with E-state index in [4.69, 9.17) is 14.6 Å². The highest BCUT2D eigenvalue weighted by Gasteiger charge is 2.16. The van der Waals surface area contributed by atoms with Crippen molar-refractivity contribution in [2.75, 3.05) is 24.7 Å². The summed E-state index contributed by atoms with van der Waals surface area (Å²) < 4.78 is 9.77. The first-order chi connectivity index (χ1) is 11.0. The van der Waals surface area contributed by atoms with Crippen LogP contribution in [0.5, 0.6) is 5.75 Å². The van der Waals surface area contributed by atoms with Crippen LogP contribution in [-0.4, -0.2) is 47.8 Å². The van der Waals surface area contributed by atoms with Crippen molar-refractivity contribution in [1.82, 2.24) is 5.32 Å². The standard InChI is InChI=1S/C14H17NO6S2/c1-10(17)21-12-5-3-2-4-11(12)13(18)15-14(19)20-7-9-23-22-8-6-16/h2-5,16H,6-9H2,1H3,(H,15,18,19). The number of carbonyl (C=O) groups excluding carboxylic acids is 3. The van der Waals surface area contributed by atoms with Gasteiger partial charge in [-0.15, -0.1) is 0 Å². The number of aliphatic hydroxyl groups excluding tert-OH is 1. The van der Waals surface area contributed by atoms with Gasteiger partial charge in [-0.05, 0) is 12.1 Å². The lowest BCUT2D eigenvalue weighted by Crippen LogP contribution is -2.32. The molecule has 2 amide bonds. The van der Waals surface area contributed by atoms with E-state index < -0.39 is 18.0 Å². The summed E-state index contributed by atoms with van der Waals surface area (Å²) in [6.45, 7) is 1.44. The van der Waals surface area contributed by atoms with E-state index in [0.717, 1.165) is 0 Å². The molecule has 9 heteroatoms. The number of hydrogen-bond acceptors (Lipinski definition) is 8. The van der Waals surface area contributed by atoms with Crippen LogP contribution in [0.3, 0.4) is 0 Å². The van der Waals surface area contributed by atoms with Crippen molar-refractivity contribution in [2.45, 2.75) is 6.92 Å². The largest absolute Gasteiger partial charge is 0.448 e. The first-order valence-corrected chi connectivity index (χ1v) is 9.14. The molecule has 0 atom stereocenters. The fraction of sp³-hybridized carbons (Fsp3) is 0.357. The number of alkyl carbamates (subject to hydrolysis) is 1. The predicted octanol–water partition coefficient (Wildman–Crippen LogP) is 1.85. The Morgan fingerprint density at radius 3 is 2.57 bits per heavy atom. The van der Waals surface area contributed by atoms with Gasteiger partial charge in [0.05, 0.1) is 12.2 Å². The molecule has 1 rings (SSSR count). The van der Waals surface area contributed by atoms with E-state index in [1.54, 1.807) is 12.1 Å². The molecule has 1 aromatic rings. The second-order valence-corrected chi connectivity index (χ2v) is 6.75. The third-order valence-corrected chi connectivity index (χ3v) is 4.61. The lowest BCUT2D eigenvalue weighted by molar-refractivity contribution is -0.131. The van der Waals surface area contributed by atoms with Crippen molar-refractivity contribution >= 4 is 39.6 Å². The maximum atomic E-state index is 12.0. The molecule has 0 fully saturated rings. The molecule has 0 aliphatic heterocycles. The molecule has 0 unspecified atom stereocenters. The number of rotatable bonds is 8. The lowest BCUT2D eigenvalue weighted by atomic mass is 10.2. The summed E-state index contributed by atoms with van der Waals surface area (Å²) in [4.78, 5) is 34.5. The summed E-state index contributed by atoms with van der Waals surface area (Å²) in [6.07, 6.45) is -0.875. The molecule has 1 aromatic carbocycles. The topological polar surface area (TPSA) is 102 Å². The van der Waals surface area contributed by atoms with Crippen molar-refractivity contribution in [3.63, 3.8) is 0 Å². The predicted molar refractivity (Wildman–Crippen MR) is 88.6 cm³/mol. The number of carbonyl (C=O) groups is 3. The molecule has 7 nitrogen and oxygen atoms in total. The number of benzene rings is 1. The maximum absolute atomic E-state index is 12.0. The number of para-hydroxylation sites is 1. The van der Waals surface area contributed by atoms with E-state index in [-0.39, 0.29) is 24.5 Å². The van der Waals surface area contributed by atoms with Gasteiger partial charge in [0.1, 0.15) is 12.4 Å². The van der Waals surface area contributed by atoms with Gasteiger partial charge in [-0.3, -0.25) is 14.9 Å². The van der Waals surface area contributed by atoms with Crippen molar-refractivity contribution < 1.29 is 29.0 Å². The molecule has 126 valence electrons. The molecule has 0 aliphatic rings. The van der Waals surface area contributed by atoms with E-state index >= 15 is 0 Å². The van der Waals surface area contributed by atoms with E-state index in [1.807, 2.05) is 0 Å².